The molecule has 2 aromatic carbocycles. The van der Waals surface area contributed by atoms with Crippen LogP contribution in [0, 0.1) is 0 Å². The second kappa shape index (κ2) is 8.79. The van der Waals surface area contributed by atoms with Gasteiger partial charge in [-0.2, -0.15) is 9.61 Å². The number of ether oxygens (including phenoxy) is 2. The van der Waals surface area contributed by atoms with E-state index in [1.807, 2.05) is 54.6 Å². The predicted octanol–water partition coefficient (Wildman–Crippen LogP) is 2.90. The molecule has 33 heavy (non-hydrogen) atoms. The van der Waals surface area contributed by atoms with E-state index in [2.05, 4.69) is 20.3 Å². The zero-order chi connectivity index (χ0) is 22.8. The van der Waals surface area contributed by atoms with Crippen LogP contribution in [0.25, 0.3) is 27.9 Å². The highest BCUT2D eigenvalue weighted by molar-refractivity contribution is 5.83. The lowest BCUT2D eigenvalue weighted by atomic mass is 10.1. The highest BCUT2D eigenvalue weighted by Gasteiger charge is 2.20. The van der Waals surface area contributed by atoms with E-state index < -0.39 is 0 Å². The van der Waals surface area contributed by atoms with Crippen molar-refractivity contribution in [1.82, 2.24) is 29.4 Å². The van der Waals surface area contributed by atoms with Gasteiger partial charge in [0.15, 0.2) is 16.8 Å². The summed E-state index contributed by atoms with van der Waals surface area (Å²) >= 11 is 0. The lowest BCUT2D eigenvalue weighted by molar-refractivity contribution is 0.181. The summed E-state index contributed by atoms with van der Waals surface area (Å²) in [6.07, 6.45) is 2.21. The molecule has 5 aromatic rings. The van der Waals surface area contributed by atoms with Crippen LogP contribution in [0.5, 0.6) is 5.75 Å². The van der Waals surface area contributed by atoms with Crippen molar-refractivity contribution in [2.75, 3.05) is 14.2 Å². The maximum atomic E-state index is 13.1. The first kappa shape index (κ1) is 20.8. The Morgan fingerprint density at radius 2 is 1.73 bits per heavy atom. The van der Waals surface area contributed by atoms with E-state index in [9.17, 15) is 4.79 Å². The molecule has 3 heterocycles. The van der Waals surface area contributed by atoms with Crippen molar-refractivity contribution < 1.29 is 9.47 Å². The third kappa shape index (κ3) is 3.83. The number of hydrogen-bond acceptors (Lipinski definition) is 7. The molecule has 0 aliphatic carbocycles. The first-order valence-corrected chi connectivity index (χ1v) is 10.5. The van der Waals surface area contributed by atoms with Gasteiger partial charge < -0.3 is 9.47 Å². The molecule has 0 N–H and O–H groups in total. The van der Waals surface area contributed by atoms with E-state index in [1.165, 1.54) is 6.33 Å². The van der Waals surface area contributed by atoms with Crippen LogP contribution in [0.4, 0.5) is 0 Å². The fraction of sp³-hybridized carbons (Fsp3) is 0.208. The third-order valence-corrected chi connectivity index (χ3v) is 5.52. The molecular formula is C24H22N6O3. The molecule has 0 aliphatic rings. The van der Waals surface area contributed by atoms with Crippen LogP contribution in [-0.2, 0) is 24.3 Å². The van der Waals surface area contributed by atoms with Gasteiger partial charge in [-0.3, -0.25) is 9.36 Å². The number of hydrogen-bond donors (Lipinski definition) is 0. The van der Waals surface area contributed by atoms with Crippen molar-refractivity contribution in [3.63, 3.8) is 0 Å². The molecule has 3 aromatic heterocycles. The molecule has 0 radical (unpaired) electrons. The Labute approximate surface area is 189 Å². The molecule has 0 saturated heterocycles. The van der Waals surface area contributed by atoms with Gasteiger partial charge in [0.05, 0.1) is 25.0 Å². The molecule has 0 atom stereocenters. The SMILES string of the molecule is COCc1nn2c(nnc3c(=O)n(CCc4ccc(OC)cc4)cnc32)c1-c1ccccc1. The van der Waals surface area contributed by atoms with Crippen LogP contribution >= 0.6 is 0 Å². The molecule has 0 unspecified atom stereocenters. The van der Waals surface area contributed by atoms with Crippen LogP contribution in [-0.4, -0.2) is 43.6 Å². The molecule has 0 spiro atoms. The Kier molecular flexibility index (Phi) is 5.54. The second-order valence-electron chi connectivity index (χ2n) is 7.57. The van der Waals surface area contributed by atoms with Gasteiger partial charge in [0, 0.05) is 13.7 Å². The lowest BCUT2D eigenvalue weighted by Crippen LogP contribution is -2.23. The van der Waals surface area contributed by atoms with E-state index >= 15 is 0 Å². The molecule has 0 saturated carbocycles. The molecule has 0 amide bonds. The Morgan fingerprint density at radius 3 is 2.45 bits per heavy atom. The standard InChI is InChI=1S/C24H22N6O3/c1-32-14-19-20(17-6-4-3-5-7-17)22-27-26-21-23(30(22)28-19)25-15-29(24(21)31)13-12-16-8-10-18(33-2)11-9-16/h3-11,15H,12-14H2,1-2H3. The molecule has 0 fully saturated rings. The summed E-state index contributed by atoms with van der Waals surface area (Å²) in [6, 6.07) is 17.6. The van der Waals surface area contributed by atoms with Gasteiger partial charge in [0.2, 0.25) is 0 Å². The minimum Gasteiger partial charge on any atom is -0.497 e. The summed E-state index contributed by atoms with van der Waals surface area (Å²) in [5.41, 5.74) is 4.37. The van der Waals surface area contributed by atoms with Crippen molar-refractivity contribution in [3.05, 3.63) is 82.5 Å². The number of fused-ring (bicyclic) bond motifs is 3. The van der Waals surface area contributed by atoms with Gasteiger partial charge in [-0.1, -0.05) is 42.5 Å². The van der Waals surface area contributed by atoms with Crippen LogP contribution in [0.15, 0.2) is 65.7 Å². The van der Waals surface area contributed by atoms with Crippen LogP contribution < -0.4 is 10.3 Å². The lowest BCUT2D eigenvalue weighted by Gasteiger charge is -2.07. The maximum absolute atomic E-state index is 13.1. The van der Waals surface area contributed by atoms with Crippen molar-refractivity contribution >= 4 is 16.8 Å². The summed E-state index contributed by atoms with van der Waals surface area (Å²) in [5.74, 6) is 0.796. The Balaban J connectivity index is 1.55. The summed E-state index contributed by atoms with van der Waals surface area (Å²) in [6.45, 7) is 0.769. The number of aryl methyl sites for hydroxylation is 2. The average molecular weight is 442 g/mol. The fourth-order valence-electron chi connectivity index (χ4n) is 3.84. The van der Waals surface area contributed by atoms with Gasteiger partial charge in [-0.25, -0.2) is 4.98 Å². The summed E-state index contributed by atoms with van der Waals surface area (Å²) < 4.78 is 13.7. The Hall–Kier alpha value is -4.11. The molecular weight excluding hydrogens is 420 g/mol. The van der Waals surface area contributed by atoms with Gasteiger partial charge in [0.25, 0.3) is 5.56 Å². The highest BCUT2D eigenvalue weighted by Crippen LogP contribution is 2.28. The van der Waals surface area contributed by atoms with E-state index in [4.69, 9.17) is 9.47 Å². The third-order valence-electron chi connectivity index (χ3n) is 5.52. The second-order valence-corrected chi connectivity index (χ2v) is 7.57. The van der Waals surface area contributed by atoms with E-state index in [-0.39, 0.29) is 11.1 Å². The quantitative estimate of drug-likeness (QED) is 0.382. The van der Waals surface area contributed by atoms with Gasteiger partial charge >= 0.3 is 0 Å². The van der Waals surface area contributed by atoms with Gasteiger partial charge in [-0.05, 0) is 29.7 Å². The van der Waals surface area contributed by atoms with E-state index in [1.54, 1.807) is 23.3 Å². The molecule has 5 rings (SSSR count). The van der Waals surface area contributed by atoms with Crippen LogP contribution in [0.3, 0.4) is 0 Å². The zero-order valence-corrected chi connectivity index (χ0v) is 18.3. The van der Waals surface area contributed by atoms with Crippen molar-refractivity contribution in [3.8, 4) is 16.9 Å². The van der Waals surface area contributed by atoms with Gasteiger partial charge in [-0.15, -0.1) is 10.2 Å². The number of rotatable bonds is 7. The molecule has 166 valence electrons. The Bertz CT molecular complexity index is 1480. The minimum absolute atomic E-state index is 0.172. The Morgan fingerprint density at radius 1 is 0.939 bits per heavy atom. The smallest absolute Gasteiger partial charge is 0.283 e. The average Bonchev–Trinajstić information content (AvgIpc) is 3.23. The maximum Gasteiger partial charge on any atom is 0.283 e. The largest absolute Gasteiger partial charge is 0.497 e. The van der Waals surface area contributed by atoms with Crippen LogP contribution in [0.1, 0.15) is 11.3 Å². The topological polar surface area (TPSA) is 96.4 Å². The number of benzene rings is 2. The number of methoxy groups -OCH3 is 2. The first-order valence-electron chi connectivity index (χ1n) is 10.5. The molecule has 9 nitrogen and oxygen atoms in total. The molecule has 0 bridgehead atoms. The summed E-state index contributed by atoms with van der Waals surface area (Å²) in [7, 11) is 3.25. The predicted molar refractivity (Wildman–Crippen MR) is 123 cm³/mol. The minimum atomic E-state index is -0.257. The summed E-state index contributed by atoms with van der Waals surface area (Å²) in [5, 5.41) is 13.3. The fourth-order valence-corrected chi connectivity index (χ4v) is 3.84. The van der Waals surface area contributed by atoms with Gasteiger partial charge in [0.1, 0.15) is 12.1 Å². The van der Waals surface area contributed by atoms with Crippen molar-refractivity contribution in [1.29, 1.82) is 0 Å². The molecule has 9 heteroatoms. The first-order chi connectivity index (χ1) is 16.2. The zero-order valence-electron chi connectivity index (χ0n) is 18.3. The van der Waals surface area contributed by atoms with Crippen molar-refractivity contribution in [2.45, 2.75) is 19.6 Å². The van der Waals surface area contributed by atoms with Crippen LogP contribution in [0.2, 0.25) is 0 Å². The number of nitrogens with zero attached hydrogens (tertiary/aromatic N) is 6. The molecule has 0 aliphatic heterocycles. The monoisotopic (exact) mass is 442 g/mol. The summed E-state index contributed by atoms with van der Waals surface area (Å²) in [4.78, 5) is 17.6. The number of aromatic nitrogens is 6. The highest BCUT2D eigenvalue weighted by atomic mass is 16.5. The van der Waals surface area contributed by atoms with E-state index in [0.29, 0.717) is 36.6 Å². The normalized spacial score (nSPS) is 11.3. The van der Waals surface area contributed by atoms with Crippen molar-refractivity contribution in [2.24, 2.45) is 0 Å². The van der Waals surface area contributed by atoms with E-state index in [0.717, 1.165) is 22.4 Å².